The molecule has 174 valence electrons. The van der Waals surface area contributed by atoms with E-state index in [1.54, 1.807) is 12.1 Å². The number of amides is 1. The number of halogens is 3. The Balaban J connectivity index is 1.98. The zero-order valence-electron chi connectivity index (χ0n) is 18.0. The molecule has 34 heavy (non-hydrogen) atoms. The minimum Gasteiger partial charge on any atom is -0.507 e. The van der Waals surface area contributed by atoms with E-state index in [4.69, 9.17) is 32.7 Å². The highest BCUT2D eigenvalue weighted by atomic mass is 35.5. The Kier molecular flexibility index (Phi) is 6.50. The van der Waals surface area contributed by atoms with Gasteiger partial charge in [0, 0.05) is 26.9 Å². The minimum atomic E-state index is -1.27. The fourth-order valence-corrected chi connectivity index (χ4v) is 4.42. The highest BCUT2D eigenvalue weighted by Gasteiger charge is 2.48. The molecule has 1 saturated heterocycles. The number of hydrogen-bond donors (Lipinski definition) is 1. The number of benzene rings is 3. The topological polar surface area (TPSA) is 76.1 Å². The maximum absolute atomic E-state index is 15.0. The van der Waals surface area contributed by atoms with Crippen molar-refractivity contribution in [2.24, 2.45) is 0 Å². The van der Waals surface area contributed by atoms with Crippen LogP contribution >= 0.6 is 23.2 Å². The molecule has 1 N–H and O–H groups in total. The molecule has 1 aliphatic rings. The Morgan fingerprint density at radius 1 is 0.941 bits per heavy atom. The van der Waals surface area contributed by atoms with Gasteiger partial charge in [-0.05, 0) is 42.5 Å². The lowest BCUT2D eigenvalue weighted by atomic mass is 9.94. The number of methoxy groups -OCH3 is 2. The first-order valence-electron chi connectivity index (χ1n) is 10.0. The average molecular weight is 502 g/mol. The third kappa shape index (κ3) is 4.08. The fraction of sp³-hybridized carbons (Fsp3) is 0.120. The molecule has 1 amide bonds. The van der Waals surface area contributed by atoms with E-state index in [-0.39, 0.29) is 32.4 Å². The number of ether oxygens (including phenoxy) is 2. The van der Waals surface area contributed by atoms with Crippen molar-refractivity contribution in [2.75, 3.05) is 19.1 Å². The highest BCUT2D eigenvalue weighted by Crippen LogP contribution is 2.44. The lowest BCUT2D eigenvalue weighted by Crippen LogP contribution is -2.29. The second-order valence-corrected chi connectivity index (χ2v) is 8.26. The van der Waals surface area contributed by atoms with E-state index in [2.05, 4.69) is 0 Å². The number of anilines is 1. The molecule has 0 aromatic heterocycles. The molecule has 1 unspecified atom stereocenters. The second kappa shape index (κ2) is 9.37. The molecule has 1 fully saturated rings. The standard InChI is InChI=1S/C25H18Cl2FNO5/c1-33-19-8-7-13(9-20(19)34-2)23(30)21-22(17-5-3-4-6-18(17)28)29(25(32)24(21)31)16-11-14(26)10-15(27)12-16/h3-12,22,30H,1-2H3/b23-21+. The zero-order chi connectivity index (χ0) is 24.6. The molecule has 1 heterocycles. The summed E-state index contributed by atoms with van der Waals surface area (Å²) in [6.45, 7) is 0. The number of hydrogen-bond acceptors (Lipinski definition) is 5. The van der Waals surface area contributed by atoms with Crippen LogP contribution in [0.25, 0.3) is 5.76 Å². The molecule has 6 nitrogen and oxygen atoms in total. The van der Waals surface area contributed by atoms with Crippen molar-refractivity contribution in [2.45, 2.75) is 6.04 Å². The Morgan fingerprint density at radius 3 is 2.21 bits per heavy atom. The van der Waals surface area contributed by atoms with Gasteiger partial charge in [0.25, 0.3) is 11.7 Å². The Hall–Kier alpha value is -3.55. The number of nitrogens with zero attached hydrogens (tertiary/aromatic N) is 1. The number of Topliss-reactive ketones (excluding diaryl/α,β-unsaturated/α-hetero) is 1. The van der Waals surface area contributed by atoms with E-state index in [1.807, 2.05) is 0 Å². The summed E-state index contributed by atoms with van der Waals surface area (Å²) >= 11 is 12.3. The summed E-state index contributed by atoms with van der Waals surface area (Å²) in [5, 5.41) is 11.6. The van der Waals surface area contributed by atoms with Crippen LogP contribution in [0.5, 0.6) is 11.5 Å². The van der Waals surface area contributed by atoms with Crippen LogP contribution in [0, 0.1) is 5.82 Å². The van der Waals surface area contributed by atoms with Crippen molar-refractivity contribution in [1.82, 2.24) is 0 Å². The summed E-state index contributed by atoms with van der Waals surface area (Å²) in [4.78, 5) is 27.4. The number of carbonyl (C=O) groups is 2. The predicted molar refractivity (Wildman–Crippen MR) is 127 cm³/mol. The Bertz CT molecular complexity index is 1320. The molecule has 0 radical (unpaired) electrons. The molecular weight excluding hydrogens is 484 g/mol. The van der Waals surface area contributed by atoms with Crippen LogP contribution in [0.3, 0.4) is 0 Å². The molecule has 3 aromatic rings. The van der Waals surface area contributed by atoms with E-state index >= 15 is 0 Å². The Labute approximate surface area is 204 Å². The molecule has 4 rings (SSSR count). The van der Waals surface area contributed by atoms with Gasteiger partial charge in [-0.15, -0.1) is 0 Å². The van der Waals surface area contributed by atoms with Gasteiger partial charge in [-0.2, -0.15) is 0 Å². The highest BCUT2D eigenvalue weighted by molar-refractivity contribution is 6.52. The molecule has 1 atom stereocenters. The SMILES string of the molecule is COc1ccc(/C(O)=C2\C(=O)C(=O)N(c3cc(Cl)cc(Cl)c3)C2c2ccccc2F)cc1OC. The van der Waals surface area contributed by atoms with Gasteiger partial charge < -0.3 is 14.6 Å². The van der Waals surface area contributed by atoms with Gasteiger partial charge in [-0.25, -0.2) is 4.39 Å². The maximum Gasteiger partial charge on any atom is 0.300 e. The van der Waals surface area contributed by atoms with Crippen LogP contribution in [-0.4, -0.2) is 31.0 Å². The van der Waals surface area contributed by atoms with E-state index in [9.17, 15) is 19.1 Å². The molecule has 0 aliphatic carbocycles. The first kappa shape index (κ1) is 23.6. The third-order valence-electron chi connectivity index (χ3n) is 5.43. The van der Waals surface area contributed by atoms with Crippen molar-refractivity contribution in [1.29, 1.82) is 0 Å². The number of rotatable bonds is 5. The summed E-state index contributed by atoms with van der Waals surface area (Å²) in [6, 6.07) is 13.2. The lowest BCUT2D eigenvalue weighted by molar-refractivity contribution is -0.132. The van der Waals surface area contributed by atoms with Gasteiger partial charge in [0.1, 0.15) is 11.6 Å². The van der Waals surface area contributed by atoms with Crippen molar-refractivity contribution in [3.05, 3.63) is 93.2 Å². The molecule has 9 heteroatoms. The van der Waals surface area contributed by atoms with Crippen molar-refractivity contribution >= 4 is 46.3 Å². The first-order chi connectivity index (χ1) is 16.3. The number of aliphatic hydroxyl groups excluding tert-OH is 1. The molecule has 3 aromatic carbocycles. The largest absolute Gasteiger partial charge is 0.507 e. The van der Waals surface area contributed by atoms with Crippen LogP contribution in [0.1, 0.15) is 17.2 Å². The normalized spacial score (nSPS) is 17.2. The van der Waals surface area contributed by atoms with Crippen LogP contribution < -0.4 is 14.4 Å². The molecule has 1 aliphatic heterocycles. The lowest BCUT2D eigenvalue weighted by Gasteiger charge is -2.26. The zero-order valence-corrected chi connectivity index (χ0v) is 19.5. The number of carbonyl (C=O) groups excluding carboxylic acids is 2. The summed E-state index contributed by atoms with van der Waals surface area (Å²) < 4.78 is 25.4. The van der Waals surface area contributed by atoms with Crippen molar-refractivity contribution in [3.8, 4) is 11.5 Å². The second-order valence-electron chi connectivity index (χ2n) is 7.39. The minimum absolute atomic E-state index is 0.0137. The summed E-state index contributed by atoms with van der Waals surface area (Å²) in [5.41, 5.74) is 0.0820. The van der Waals surface area contributed by atoms with Crippen molar-refractivity contribution < 1.29 is 28.6 Å². The van der Waals surface area contributed by atoms with Crippen LogP contribution in [0.15, 0.2) is 66.2 Å². The van der Waals surface area contributed by atoms with Gasteiger partial charge in [0.15, 0.2) is 11.5 Å². The van der Waals surface area contributed by atoms with E-state index in [1.165, 1.54) is 62.8 Å². The number of ketones is 1. The maximum atomic E-state index is 15.0. The van der Waals surface area contributed by atoms with Crippen LogP contribution in [0.2, 0.25) is 10.0 Å². The smallest absolute Gasteiger partial charge is 0.300 e. The van der Waals surface area contributed by atoms with Crippen molar-refractivity contribution in [3.63, 3.8) is 0 Å². The van der Waals surface area contributed by atoms with Gasteiger partial charge >= 0.3 is 0 Å². The van der Waals surface area contributed by atoms with E-state index in [0.717, 1.165) is 4.90 Å². The molecule has 0 saturated carbocycles. The van der Waals surface area contributed by atoms with Gasteiger partial charge in [0.2, 0.25) is 0 Å². The van der Waals surface area contributed by atoms with Crippen LogP contribution in [0.4, 0.5) is 10.1 Å². The fourth-order valence-electron chi connectivity index (χ4n) is 3.91. The van der Waals surface area contributed by atoms with Gasteiger partial charge in [-0.1, -0.05) is 41.4 Å². The van der Waals surface area contributed by atoms with Crippen LogP contribution in [-0.2, 0) is 9.59 Å². The average Bonchev–Trinajstić information content (AvgIpc) is 3.08. The van der Waals surface area contributed by atoms with Gasteiger partial charge in [-0.3, -0.25) is 14.5 Å². The summed E-state index contributed by atoms with van der Waals surface area (Å²) in [7, 11) is 2.88. The quantitative estimate of drug-likeness (QED) is 0.272. The molecule has 0 spiro atoms. The van der Waals surface area contributed by atoms with E-state index < -0.39 is 29.3 Å². The third-order valence-corrected chi connectivity index (χ3v) is 5.86. The van der Waals surface area contributed by atoms with E-state index in [0.29, 0.717) is 11.5 Å². The first-order valence-corrected chi connectivity index (χ1v) is 10.8. The molecule has 0 bridgehead atoms. The summed E-state index contributed by atoms with van der Waals surface area (Å²) in [6.07, 6.45) is 0. The predicted octanol–water partition coefficient (Wildman–Crippen LogP) is 5.78. The van der Waals surface area contributed by atoms with Gasteiger partial charge in [0.05, 0.1) is 25.8 Å². The molecular formula is C25H18Cl2FNO5. The summed E-state index contributed by atoms with van der Waals surface area (Å²) in [5.74, 6) is -2.41. The Morgan fingerprint density at radius 2 is 1.59 bits per heavy atom. The number of aliphatic hydroxyl groups is 1. The monoisotopic (exact) mass is 501 g/mol.